The van der Waals surface area contributed by atoms with E-state index in [1.807, 2.05) is 6.92 Å². The van der Waals surface area contributed by atoms with Crippen LogP contribution in [0.2, 0.25) is 5.02 Å². The highest BCUT2D eigenvalue weighted by Gasteiger charge is 2.25. The van der Waals surface area contributed by atoms with Crippen molar-refractivity contribution in [3.05, 3.63) is 51.8 Å². The predicted octanol–water partition coefficient (Wildman–Crippen LogP) is 2.18. The number of carboxylic acids is 1. The molecule has 1 heterocycles. The third kappa shape index (κ3) is 4.70. The number of nitrogens with one attached hydrogen (secondary N) is 1. The van der Waals surface area contributed by atoms with Gasteiger partial charge in [-0.3, -0.25) is 9.59 Å². The minimum absolute atomic E-state index is 0.240. The maximum absolute atomic E-state index is 12.2. The molecule has 7 nitrogen and oxygen atoms in total. The summed E-state index contributed by atoms with van der Waals surface area (Å²) in [5.41, 5.74) is 0.609. The fourth-order valence-electron chi connectivity index (χ4n) is 2.41. The van der Waals surface area contributed by atoms with Gasteiger partial charge in [0.2, 0.25) is 5.91 Å². The van der Waals surface area contributed by atoms with Crippen LogP contribution in [0, 0.1) is 5.92 Å². The topological polar surface area (TPSA) is 101 Å². The van der Waals surface area contributed by atoms with Crippen LogP contribution in [-0.4, -0.2) is 32.8 Å². The lowest BCUT2D eigenvalue weighted by Crippen LogP contribution is -2.47. The molecule has 26 heavy (non-hydrogen) atoms. The first-order valence-electron chi connectivity index (χ1n) is 8.18. The van der Waals surface area contributed by atoms with Gasteiger partial charge in [0, 0.05) is 11.6 Å². The van der Waals surface area contributed by atoms with Gasteiger partial charge < -0.3 is 10.4 Å². The van der Waals surface area contributed by atoms with Crippen molar-refractivity contribution < 1.29 is 14.7 Å². The quantitative estimate of drug-likeness (QED) is 0.770. The van der Waals surface area contributed by atoms with Gasteiger partial charge in [-0.25, -0.2) is 9.48 Å². The molecule has 2 rings (SSSR count). The Bertz CT molecular complexity index is 866. The Hall–Kier alpha value is -2.67. The van der Waals surface area contributed by atoms with Crippen molar-refractivity contribution >= 4 is 23.5 Å². The van der Waals surface area contributed by atoms with Crippen molar-refractivity contribution in [2.75, 3.05) is 0 Å². The third-order valence-electron chi connectivity index (χ3n) is 4.11. The molecule has 0 aliphatic heterocycles. The van der Waals surface area contributed by atoms with Crippen molar-refractivity contribution in [3.63, 3.8) is 0 Å². The summed E-state index contributed by atoms with van der Waals surface area (Å²) in [6, 6.07) is 8.81. The largest absolute Gasteiger partial charge is 0.480 e. The smallest absolute Gasteiger partial charge is 0.326 e. The Morgan fingerprint density at radius 2 is 1.96 bits per heavy atom. The lowest BCUT2D eigenvalue weighted by molar-refractivity contribution is -0.143. The molecule has 1 aromatic heterocycles. The van der Waals surface area contributed by atoms with E-state index in [-0.39, 0.29) is 12.5 Å². The van der Waals surface area contributed by atoms with E-state index in [0.717, 1.165) is 4.68 Å². The second-order valence-corrected chi connectivity index (χ2v) is 6.37. The highest BCUT2D eigenvalue weighted by Crippen LogP contribution is 2.24. The third-order valence-corrected chi connectivity index (χ3v) is 4.43. The molecule has 138 valence electrons. The maximum Gasteiger partial charge on any atom is 0.326 e. The predicted molar refractivity (Wildman–Crippen MR) is 98.0 cm³/mol. The summed E-state index contributed by atoms with van der Waals surface area (Å²) in [6.45, 7) is 3.20. The lowest BCUT2D eigenvalue weighted by atomic mass is 9.99. The van der Waals surface area contributed by atoms with E-state index in [0.29, 0.717) is 22.7 Å². The van der Waals surface area contributed by atoms with E-state index >= 15 is 0 Å². The molecule has 0 fully saturated rings. The Kier molecular flexibility index (Phi) is 6.52. The van der Waals surface area contributed by atoms with Gasteiger partial charge in [-0.1, -0.05) is 50.1 Å². The second-order valence-electron chi connectivity index (χ2n) is 5.96. The number of rotatable bonds is 7. The molecule has 0 radical (unpaired) electrons. The zero-order chi connectivity index (χ0) is 19.3. The highest BCUT2D eigenvalue weighted by atomic mass is 35.5. The number of aliphatic carboxylic acids is 1. The number of amides is 1. The average Bonchev–Trinajstić information content (AvgIpc) is 2.61. The summed E-state index contributed by atoms with van der Waals surface area (Å²) in [6.07, 6.45) is 0.595. The molecular formula is C18H20ClN3O4. The summed E-state index contributed by atoms with van der Waals surface area (Å²) < 4.78 is 0.990. The normalized spacial score (nSPS) is 13.0. The molecule has 0 spiro atoms. The first-order valence-corrected chi connectivity index (χ1v) is 8.56. The molecule has 1 amide bonds. The van der Waals surface area contributed by atoms with Crippen molar-refractivity contribution in [3.8, 4) is 11.3 Å². The van der Waals surface area contributed by atoms with E-state index in [4.69, 9.17) is 11.6 Å². The van der Waals surface area contributed by atoms with E-state index in [2.05, 4.69) is 10.4 Å². The SMILES string of the molecule is CC[C@@H](C)[C@H](NC(=O)Cn1nc(-c2ccccc2Cl)ccc1=O)C(=O)O. The van der Waals surface area contributed by atoms with Crippen LogP contribution in [0.25, 0.3) is 11.3 Å². The van der Waals surface area contributed by atoms with Gasteiger partial charge >= 0.3 is 5.97 Å². The Morgan fingerprint density at radius 3 is 2.58 bits per heavy atom. The van der Waals surface area contributed by atoms with Gasteiger partial charge in [0.05, 0.1) is 10.7 Å². The van der Waals surface area contributed by atoms with E-state index in [1.54, 1.807) is 31.2 Å². The first-order chi connectivity index (χ1) is 12.3. The minimum Gasteiger partial charge on any atom is -0.480 e. The second kappa shape index (κ2) is 8.62. The van der Waals surface area contributed by atoms with Gasteiger partial charge in [0.1, 0.15) is 12.6 Å². The number of halogens is 1. The number of nitrogens with zero attached hydrogens (tertiary/aromatic N) is 2. The fourth-order valence-corrected chi connectivity index (χ4v) is 2.65. The molecular weight excluding hydrogens is 358 g/mol. The van der Waals surface area contributed by atoms with Crippen LogP contribution in [0.1, 0.15) is 20.3 Å². The van der Waals surface area contributed by atoms with Gasteiger partial charge in [-0.05, 0) is 18.1 Å². The number of carboxylic acid groups (broad SMARTS) is 1. The fraction of sp³-hybridized carbons (Fsp3) is 0.333. The summed E-state index contributed by atoms with van der Waals surface area (Å²) in [4.78, 5) is 35.5. The molecule has 2 aromatic rings. The van der Waals surface area contributed by atoms with Crippen LogP contribution in [0.4, 0.5) is 0 Å². The zero-order valence-electron chi connectivity index (χ0n) is 14.5. The Balaban J connectivity index is 2.22. The van der Waals surface area contributed by atoms with Crippen molar-refractivity contribution in [2.24, 2.45) is 5.92 Å². The minimum atomic E-state index is -1.11. The van der Waals surface area contributed by atoms with Gasteiger partial charge in [0.15, 0.2) is 0 Å². The number of benzene rings is 1. The Morgan fingerprint density at radius 1 is 1.27 bits per heavy atom. The van der Waals surface area contributed by atoms with E-state index in [9.17, 15) is 19.5 Å². The number of aromatic nitrogens is 2. The molecule has 0 unspecified atom stereocenters. The monoisotopic (exact) mass is 377 g/mol. The van der Waals surface area contributed by atoms with Crippen LogP contribution in [-0.2, 0) is 16.1 Å². The molecule has 2 N–H and O–H groups in total. The van der Waals surface area contributed by atoms with Crippen molar-refractivity contribution in [2.45, 2.75) is 32.9 Å². The van der Waals surface area contributed by atoms with Crippen LogP contribution in [0.5, 0.6) is 0 Å². The average molecular weight is 378 g/mol. The summed E-state index contributed by atoms with van der Waals surface area (Å²) >= 11 is 6.14. The lowest BCUT2D eigenvalue weighted by Gasteiger charge is -2.20. The van der Waals surface area contributed by atoms with Crippen LogP contribution < -0.4 is 10.9 Å². The van der Waals surface area contributed by atoms with Crippen molar-refractivity contribution in [1.82, 2.24) is 15.1 Å². The standard InChI is InChI=1S/C18H20ClN3O4/c1-3-11(2)17(18(25)26)20-15(23)10-22-16(24)9-8-14(21-22)12-6-4-5-7-13(12)19/h4-9,11,17H,3,10H2,1-2H3,(H,20,23)(H,25,26)/t11-,17+/m1/s1. The number of carbonyl (C=O) groups is 2. The highest BCUT2D eigenvalue weighted by molar-refractivity contribution is 6.33. The van der Waals surface area contributed by atoms with Gasteiger partial charge in [-0.15, -0.1) is 0 Å². The Labute approximate surface area is 155 Å². The van der Waals surface area contributed by atoms with Crippen LogP contribution in [0.3, 0.4) is 0 Å². The molecule has 0 aliphatic carbocycles. The molecule has 0 saturated carbocycles. The maximum atomic E-state index is 12.2. The molecule has 1 aromatic carbocycles. The first kappa shape index (κ1) is 19.7. The summed E-state index contributed by atoms with van der Waals surface area (Å²) in [5.74, 6) is -1.95. The molecule has 0 aliphatic rings. The number of hydrogen-bond donors (Lipinski definition) is 2. The summed E-state index contributed by atoms with van der Waals surface area (Å²) in [5, 5.41) is 16.3. The zero-order valence-corrected chi connectivity index (χ0v) is 15.2. The van der Waals surface area contributed by atoms with Crippen LogP contribution in [0.15, 0.2) is 41.2 Å². The molecule has 0 bridgehead atoms. The number of hydrogen-bond acceptors (Lipinski definition) is 4. The van der Waals surface area contributed by atoms with E-state index < -0.39 is 23.5 Å². The molecule has 0 saturated heterocycles. The molecule has 8 heteroatoms. The van der Waals surface area contributed by atoms with Gasteiger partial charge in [0.25, 0.3) is 5.56 Å². The van der Waals surface area contributed by atoms with Crippen molar-refractivity contribution in [1.29, 1.82) is 0 Å². The summed E-state index contributed by atoms with van der Waals surface area (Å²) in [7, 11) is 0. The van der Waals surface area contributed by atoms with Crippen LogP contribution >= 0.6 is 11.6 Å². The van der Waals surface area contributed by atoms with Gasteiger partial charge in [-0.2, -0.15) is 5.10 Å². The number of carbonyl (C=O) groups excluding carboxylic acids is 1. The molecule has 2 atom stereocenters. The van der Waals surface area contributed by atoms with E-state index in [1.165, 1.54) is 12.1 Å².